The van der Waals surface area contributed by atoms with Crippen molar-refractivity contribution < 1.29 is 28.6 Å². The fourth-order valence-corrected chi connectivity index (χ4v) is 5.95. The third-order valence-electron chi connectivity index (χ3n) is 9.49. The SMILES string of the molecule is CC/C=C\C/C=C\C/C=C\C/C=C\C/C=C\CCCC(=O)OCC(COC(=O)CCCCCCC/C=C\CCCCC)OC(=O)CCCCC/C=C\C/C=C\C/C=C\CC. The third kappa shape index (κ3) is 45.2. The maximum absolute atomic E-state index is 12.7. The molecule has 0 aromatic carbocycles. The summed E-state index contributed by atoms with van der Waals surface area (Å²) in [4.78, 5) is 37.8. The average Bonchev–Trinajstić information content (AvgIpc) is 3.24. The van der Waals surface area contributed by atoms with E-state index in [4.69, 9.17) is 14.2 Å². The Morgan fingerprint density at radius 1 is 0.350 bits per heavy atom. The lowest BCUT2D eigenvalue weighted by Crippen LogP contribution is -2.30. The maximum atomic E-state index is 12.7. The van der Waals surface area contributed by atoms with Gasteiger partial charge in [-0.05, 0) is 116 Å². The highest BCUT2D eigenvalue weighted by atomic mass is 16.6. The summed E-state index contributed by atoms with van der Waals surface area (Å²) in [6, 6.07) is 0. The molecule has 6 heteroatoms. The summed E-state index contributed by atoms with van der Waals surface area (Å²) in [6.07, 6.45) is 63.6. The third-order valence-corrected chi connectivity index (χ3v) is 9.49. The standard InChI is InChI=1S/C54H86O6/c1-4-7-10-13-16-19-22-25-26-27-28-30-32-35-38-41-44-47-53(56)59-50-51(49-58-52(55)46-43-40-37-34-31-24-21-18-15-12-9-6-3)60-54(57)48-45-42-39-36-33-29-23-20-17-14-11-8-5-2/h7-8,10-11,16-21,25-26,28-30,33,35,38,51H,4-6,9,12-15,22-24,27,31-32,34,36-37,39-50H2,1-3H3/b10-7-,11-8-,19-16-,20-17-,21-18-,26-25-,30-28-,33-29-,38-35-. The number of hydrogen-bond acceptors (Lipinski definition) is 6. The van der Waals surface area contributed by atoms with Crippen LogP contribution in [0.5, 0.6) is 0 Å². The molecule has 0 radical (unpaired) electrons. The zero-order valence-electron chi connectivity index (χ0n) is 38.4. The van der Waals surface area contributed by atoms with E-state index in [1.54, 1.807) is 0 Å². The van der Waals surface area contributed by atoms with E-state index in [1.165, 1.54) is 32.1 Å². The Hall–Kier alpha value is -3.93. The van der Waals surface area contributed by atoms with Crippen LogP contribution in [0.3, 0.4) is 0 Å². The Morgan fingerprint density at radius 2 is 0.667 bits per heavy atom. The molecule has 0 saturated heterocycles. The van der Waals surface area contributed by atoms with Crippen LogP contribution in [0.15, 0.2) is 109 Å². The zero-order valence-corrected chi connectivity index (χ0v) is 38.4. The van der Waals surface area contributed by atoms with E-state index in [9.17, 15) is 14.4 Å². The van der Waals surface area contributed by atoms with E-state index in [2.05, 4.69) is 130 Å². The van der Waals surface area contributed by atoms with E-state index in [0.717, 1.165) is 109 Å². The highest BCUT2D eigenvalue weighted by Gasteiger charge is 2.19. The highest BCUT2D eigenvalue weighted by Crippen LogP contribution is 2.11. The van der Waals surface area contributed by atoms with Gasteiger partial charge in [0.2, 0.25) is 0 Å². The van der Waals surface area contributed by atoms with Gasteiger partial charge in [0.25, 0.3) is 0 Å². The molecule has 0 heterocycles. The minimum Gasteiger partial charge on any atom is -0.462 e. The van der Waals surface area contributed by atoms with E-state index in [1.807, 2.05) is 0 Å². The molecule has 6 nitrogen and oxygen atoms in total. The van der Waals surface area contributed by atoms with Crippen LogP contribution in [0.4, 0.5) is 0 Å². The summed E-state index contributed by atoms with van der Waals surface area (Å²) in [5, 5.41) is 0. The molecule has 0 N–H and O–H groups in total. The molecule has 1 atom stereocenters. The number of unbranched alkanes of at least 4 members (excludes halogenated alkanes) is 12. The van der Waals surface area contributed by atoms with Gasteiger partial charge in [-0.25, -0.2) is 0 Å². The number of carbonyl (C=O) groups excluding carboxylic acids is 3. The van der Waals surface area contributed by atoms with Gasteiger partial charge in [-0.2, -0.15) is 0 Å². The van der Waals surface area contributed by atoms with E-state index < -0.39 is 6.10 Å². The van der Waals surface area contributed by atoms with Crippen LogP contribution in [-0.2, 0) is 28.6 Å². The van der Waals surface area contributed by atoms with Gasteiger partial charge in [-0.3, -0.25) is 14.4 Å². The molecule has 0 saturated carbocycles. The number of esters is 3. The van der Waals surface area contributed by atoms with Crippen molar-refractivity contribution in [2.45, 2.75) is 200 Å². The van der Waals surface area contributed by atoms with Crippen molar-refractivity contribution in [2.24, 2.45) is 0 Å². The number of allylic oxidation sites excluding steroid dienone is 18. The lowest BCUT2D eigenvalue weighted by atomic mass is 10.1. The van der Waals surface area contributed by atoms with Gasteiger partial charge in [-0.15, -0.1) is 0 Å². The molecule has 338 valence electrons. The van der Waals surface area contributed by atoms with Crippen molar-refractivity contribution in [3.63, 3.8) is 0 Å². The first-order valence-corrected chi connectivity index (χ1v) is 23.9. The predicted molar refractivity (Wildman–Crippen MR) is 256 cm³/mol. The highest BCUT2D eigenvalue weighted by molar-refractivity contribution is 5.71. The molecule has 0 aliphatic carbocycles. The molecule has 0 amide bonds. The van der Waals surface area contributed by atoms with Crippen LogP contribution in [0.2, 0.25) is 0 Å². The molecule has 0 aromatic rings. The van der Waals surface area contributed by atoms with Gasteiger partial charge in [0, 0.05) is 19.3 Å². The summed E-state index contributed by atoms with van der Waals surface area (Å²) in [7, 11) is 0. The molecule has 0 aliphatic heterocycles. The smallest absolute Gasteiger partial charge is 0.306 e. The Bertz CT molecular complexity index is 1280. The van der Waals surface area contributed by atoms with Crippen LogP contribution in [-0.4, -0.2) is 37.2 Å². The van der Waals surface area contributed by atoms with Gasteiger partial charge in [0.15, 0.2) is 6.10 Å². The summed E-state index contributed by atoms with van der Waals surface area (Å²) >= 11 is 0. The minimum absolute atomic E-state index is 0.114. The Balaban J connectivity index is 4.55. The Kier molecular flexibility index (Phi) is 44.6. The van der Waals surface area contributed by atoms with Crippen molar-refractivity contribution in [3.8, 4) is 0 Å². The van der Waals surface area contributed by atoms with E-state index in [0.29, 0.717) is 19.3 Å². The number of ether oxygens (including phenoxy) is 3. The molecular formula is C54H86O6. The summed E-state index contributed by atoms with van der Waals surface area (Å²) < 4.78 is 16.7. The van der Waals surface area contributed by atoms with Crippen molar-refractivity contribution in [2.75, 3.05) is 13.2 Å². The van der Waals surface area contributed by atoms with Gasteiger partial charge < -0.3 is 14.2 Å². The summed E-state index contributed by atoms with van der Waals surface area (Å²) in [5.41, 5.74) is 0. The molecule has 0 aromatic heterocycles. The molecule has 0 spiro atoms. The first kappa shape index (κ1) is 56.1. The van der Waals surface area contributed by atoms with Crippen molar-refractivity contribution >= 4 is 17.9 Å². The molecule has 0 bridgehead atoms. The number of rotatable bonds is 41. The molecule has 0 fully saturated rings. The maximum Gasteiger partial charge on any atom is 0.306 e. The van der Waals surface area contributed by atoms with Crippen LogP contribution >= 0.6 is 0 Å². The van der Waals surface area contributed by atoms with Gasteiger partial charge in [0.05, 0.1) is 0 Å². The fraction of sp³-hybridized carbons (Fsp3) is 0.611. The lowest BCUT2D eigenvalue weighted by Gasteiger charge is -2.18. The zero-order chi connectivity index (χ0) is 43.7. The Labute approximate surface area is 368 Å². The summed E-state index contributed by atoms with van der Waals surface area (Å²) in [6.45, 7) is 6.27. The van der Waals surface area contributed by atoms with Crippen LogP contribution < -0.4 is 0 Å². The second kappa shape index (κ2) is 47.7. The largest absolute Gasteiger partial charge is 0.462 e. The Morgan fingerprint density at radius 3 is 1.12 bits per heavy atom. The molecule has 0 rings (SSSR count). The topological polar surface area (TPSA) is 78.9 Å². The van der Waals surface area contributed by atoms with Crippen LogP contribution in [0.1, 0.15) is 194 Å². The second-order valence-electron chi connectivity index (χ2n) is 15.2. The van der Waals surface area contributed by atoms with E-state index >= 15 is 0 Å². The van der Waals surface area contributed by atoms with Crippen LogP contribution in [0, 0.1) is 0 Å². The van der Waals surface area contributed by atoms with Crippen molar-refractivity contribution in [1.29, 1.82) is 0 Å². The van der Waals surface area contributed by atoms with Crippen molar-refractivity contribution in [3.05, 3.63) is 109 Å². The monoisotopic (exact) mass is 831 g/mol. The normalized spacial score (nSPS) is 13.1. The minimum atomic E-state index is -0.820. The van der Waals surface area contributed by atoms with Crippen molar-refractivity contribution in [1.82, 2.24) is 0 Å². The first-order valence-electron chi connectivity index (χ1n) is 23.9. The molecule has 60 heavy (non-hydrogen) atoms. The van der Waals surface area contributed by atoms with Gasteiger partial charge in [0.1, 0.15) is 13.2 Å². The number of carbonyl (C=O) groups is 3. The molecule has 0 aliphatic rings. The second-order valence-corrected chi connectivity index (χ2v) is 15.2. The van der Waals surface area contributed by atoms with E-state index in [-0.39, 0.29) is 44.0 Å². The lowest BCUT2D eigenvalue weighted by molar-refractivity contribution is -0.167. The summed E-state index contributed by atoms with van der Waals surface area (Å²) in [5.74, 6) is -1.02. The fourth-order valence-electron chi connectivity index (χ4n) is 5.95. The molecule has 1 unspecified atom stereocenters. The average molecular weight is 831 g/mol. The number of hydrogen-bond donors (Lipinski definition) is 0. The quantitative estimate of drug-likeness (QED) is 0.0264. The van der Waals surface area contributed by atoms with Crippen LogP contribution in [0.25, 0.3) is 0 Å². The first-order chi connectivity index (χ1) is 29.5. The molecular weight excluding hydrogens is 745 g/mol. The van der Waals surface area contributed by atoms with Gasteiger partial charge in [-0.1, -0.05) is 169 Å². The van der Waals surface area contributed by atoms with Gasteiger partial charge >= 0.3 is 17.9 Å². The predicted octanol–water partition coefficient (Wildman–Crippen LogP) is 15.6.